The van der Waals surface area contributed by atoms with Crippen LogP contribution in [-0.4, -0.2) is 26.0 Å². The van der Waals surface area contributed by atoms with Crippen molar-refractivity contribution in [1.29, 1.82) is 0 Å². The number of allylic oxidation sites excluding steroid dienone is 1. The molecule has 0 amide bonds. The maximum Gasteiger partial charge on any atom is 0.523 e. The normalized spacial score (nSPS) is 28.5. The molecular formula is C7H8F3N3O3S. The van der Waals surface area contributed by atoms with E-state index in [0.29, 0.717) is 12.3 Å². The van der Waals surface area contributed by atoms with Gasteiger partial charge in [-0.05, 0) is 6.42 Å². The van der Waals surface area contributed by atoms with Crippen molar-refractivity contribution in [2.75, 3.05) is 0 Å². The van der Waals surface area contributed by atoms with E-state index < -0.39 is 27.8 Å². The maximum atomic E-state index is 12.1. The van der Waals surface area contributed by atoms with Crippen molar-refractivity contribution in [1.82, 2.24) is 10.9 Å². The molecule has 0 radical (unpaired) electrons. The van der Waals surface area contributed by atoms with E-state index in [2.05, 4.69) is 20.0 Å². The summed E-state index contributed by atoms with van der Waals surface area (Å²) in [5, 5.41) is 0. The molecule has 2 rings (SSSR count). The lowest BCUT2D eigenvalue weighted by molar-refractivity contribution is -0.0593. The van der Waals surface area contributed by atoms with Gasteiger partial charge in [-0.2, -0.15) is 21.6 Å². The number of nitrogens with zero attached hydrogens (tertiary/aromatic N) is 1. The smallest absolute Gasteiger partial charge is 0.307 e. The lowest BCUT2D eigenvalue weighted by atomic mass is 10.0. The van der Waals surface area contributed by atoms with Crippen molar-refractivity contribution in [3.8, 4) is 0 Å². The van der Waals surface area contributed by atoms with Crippen molar-refractivity contribution in [3.63, 3.8) is 0 Å². The van der Waals surface area contributed by atoms with Crippen LogP contribution in [0.2, 0.25) is 0 Å². The number of rotatable bonds is 2. The quantitative estimate of drug-likeness (QED) is 0.554. The van der Waals surface area contributed by atoms with E-state index in [1.54, 1.807) is 6.08 Å². The number of hydrogen-bond donors (Lipinski definition) is 2. The second kappa shape index (κ2) is 3.96. The third kappa shape index (κ3) is 2.28. The second-order valence-electron chi connectivity index (χ2n) is 3.43. The van der Waals surface area contributed by atoms with Gasteiger partial charge in [-0.25, -0.2) is 14.6 Å². The Morgan fingerprint density at radius 3 is 2.82 bits per heavy atom. The van der Waals surface area contributed by atoms with E-state index in [1.807, 2.05) is 0 Å². The Kier molecular flexibility index (Phi) is 2.87. The molecule has 1 saturated heterocycles. The van der Waals surface area contributed by atoms with Gasteiger partial charge < -0.3 is 5.43 Å². The number of hydrogen-bond acceptors (Lipinski definition) is 6. The summed E-state index contributed by atoms with van der Waals surface area (Å²) in [4.78, 5) is 3.84. The first-order chi connectivity index (χ1) is 7.81. The largest absolute Gasteiger partial charge is 0.523 e. The maximum absolute atomic E-state index is 12.1. The van der Waals surface area contributed by atoms with Crippen LogP contribution in [-0.2, 0) is 14.3 Å². The number of hydrazine groups is 1. The molecule has 0 spiro atoms. The van der Waals surface area contributed by atoms with Crippen molar-refractivity contribution in [2.24, 2.45) is 10.9 Å². The number of halogens is 3. The fourth-order valence-electron chi connectivity index (χ4n) is 1.47. The zero-order valence-electron chi connectivity index (χ0n) is 8.23. The molecule has 2 aliphatic heterocycles. The van der Waals surface area contributed by atoms with Crippen molar-refractivity contribution >= 4 is 16.0 Å². The molecule has 2 heterocycles. The van der Waals surface area contributed by atoms with Crippen molar-refractivity contribution < 1.29 is 25.8 Å². The fraction of sp³-hybridized carbons (Fsp3) is 0.571. The molecule has 0 saturated carbocycles. The van der Waals surface area contributed by atoms with Crippen LogP contribution < -0.4 is 10.9 Å². The molecule has 96 valence electrons. The molecular weight excluding hydrogens is 263 g/mol. The van der Waals surface area contributed by atoms with E-state index in [1.165, 1.54) is 6.20 Å². The Morgan fingerprint density at radius 1 is 1.47 bits per heavy atom. The highest BCUT2D eigenvalue weighted by Gasteiger charge is 2.50. The molecule has 1 fully saturated rings. The Balaban J connectivity index is 2.12. The first kappa shape index (κ1) is 12.3. The standard InChI is InChI=1S/C7H8F3N3O3S/c8-7(9,10)17(14,15)16-6-4-2-1-3-11-5(4)12-13-6/h1,3-4,6,13H,2H2,(H,11,12). The van der Waals surface area contributed by atoms with Crippen LogP contribution >= 0.6 is 0 Å². The lowest BCUT2D eigenvalue weighted by Crippen LogP contribution is -2.39. The van der Waals surface area contributed by atoms with Crippen LogP contribution in [0, 0.1) is 5.92 Å². The third-order valence-electron chi connectivity index (χ3n) is 2.28. The molecule has 17 heavy (non-hydrogen) atoms. The van der Waals surface area contributed by atoms with E-state index in [4.69, 9.17) is 0 Å². The van der Waals surface area contributed by atoms with E-state index in [0.717, 1.165) is 0 Å². The van der Waals surface area contributed by atoms with Gasteiger partial charge in [0.15, 0.2) is 6.23 Å². The highest BCUT2D eigenvalue weighted by Crippen LogP contribution is 2.29. The molecule has 0 aromatic carbocycles. The lowest BCUT2D eigenvalue weighted by Gasteiger charge is -2.18. The Morgan fingerprint density at radius 2 is 2.18 bits per heavy atom. The zero-order chi connectivity index (χ0) is 12.7. The van der Waals surface area contributed by atoms with Gasteiger partial charge in [0.05, 0.1) is 5.92 Å². The first-order valence-corrected chi connectivity index (χ1v) is 5.96. The van der Waals surface area contributed by atoms with Gasteiger partial charge in [0, 0.05) is 6.20 Å². The van der Waals surface area contributed by atoms with Gasteiger partial charge in [0.1, 0.15) is 5.84 Å². The molecule has 2 aliphatic rings. The van der Waals surface area contributed by atoms with Crippen LogP contribution in [0.15, 0.2) is 17.3 Å². The number of amidine groups is 1. The summed E-state index contributed by atoms with van der Waals surface area (Å²) in [6, 6.07) is 0. The number of nitrogens with one attached hydrogen (secondary N) is 2. The van der Waals surface area contributed by atoms with Crippen molar-refractivity contribution in [2.45, 2.75) is 18.2 Å². The minimum Gasteiger partial charge on any atom is -0.307 e. The molecule has 0 aromatic rings. The van der Waals surface area contributed by atoms with Gasteiger partial charge in [-0.15, -0.1) is 0 Å². The summed E-state index contributed by atoms with van der Waals surface area (Å²) in [7, 11) is -5.61. The molecule has 2 N–H and O–H groups in total. The average Bonchev–Trinajstić information content (AvgIpc) is 2.60. The summed E-state index contributed by atoms with van der Waals surface area (Å²) in [5.74, 6) is -0.216. The van der Waals surface area contributed by atoms with Crippen LogP contribution in [0.4, 0.5) is 13.2 Å². The van der Waals surface area contributed by atoms with Crippen LogP contribution in [0.5, 0.6) is 0 Å². The van der Waals surface area contributed by atoms with E-state index in [9.17, 15) is 21.6 Å². The summed E-state index contributed by atoms with van der Waals surface area (Å²) in [6.45, 7) is 0. The van der Waals surface area contributed by atoms with Crippen LogP contribution in [0.3, 0.4) is 0 Å². The number of aliphatic imine (C=N–C) groups is 1. The molecule has 0 bridgehead atoms. The monoisotopic (exact) mass is 271 g/mol. The van der Waals surface area contributed by atoms with Gasteiger partial charge in [-0.3, -0.25) is 0 Å². The molecule has 10 heteroatoms. The number of alkyl halides is 3. The SMILES string of the molecule is O=S(=O)(OC1NNC2=NC=CCC21)C(F)(F)F. The third-order valence-corrected chi connectivity index (χ3v) is 3.31. The number of fused-ring (bicyclic) bond motifs is 1. The van der Waals surface area contributed by atoms with Crippen molar-refractivity contribution in [3.05, 3.63) is 12.3 Å². The van der Waals surface area contributed by atoms with Gasteiger partial charge in [-0.1, -0.05) is 6.08 Å². The molecule has 6 nitrogen and oxygen atoms in total. The summed E-state index contributed by atoms with van der Waals surface area (Å²) in [5.41, 5.74) is -0.652. The Labute approximate surface area is 94.6 Å². The highest BCUT2D eigenvalue weighted by atomic mass is 32.2. The molecule has 0 aromatic heterocycles. The predicted molar refractivity (Wildman–Crippen MR) is 50.8 cm³/mol. The second-order valence-corrected chi connectivity index (χ2v) is 4.99. The first-order valence-electron chi connectivity index (χ1n) is 4.55. The topological polar surface area (TPSA) is 79.8 Å². The summed E-state index contributed by atoms with van der Waals surface area (Å²) >= 11 is 0. The van der Waals surface area contributed by atoms with Gasteiger partial charge in [0.2, 0.25) is 0 Å². The molecule has 0 aliphatic carbocycles. The minimum absolute atomic E-state index is 0.344. The van der Waals surface area contributed by atoms with E-state index in [-0.39, 0.29) is 0 Å². The van der Waals surface area contributed by atoms with E-state index >= 15 is 0 Å². The molecule has 2 atom stereocenters. The zero-order valence-corrected chi connectivity index (χ0v) is 9.05. The predicted octanol–water partition coefficient (Wildman–Crippen LogP) is 0.219. The van der Waals surface area contributed by atoms with Gasteiger partial charge in [0.25, 0.3) is 0 Å². The average molecular weight is 271 g/mol. The Hall–Kier alpha value is -1.13. The summed E-state index contributed by atoms with van der Waals surface area (Å²) in [6.07, 6.45) is 2.11. The van der Waals surface area contributed by atoms with Crippen LogP contribution in [0.25, 0.3) is 0 Å². The summed E-state index contributed by atoms with van der Waals surface area (Å²) < 4.78 is 62.0. The Bertz CT molecular complexity index is 470. The molecule has 2 unspecified atom stereocenters. The van der Waals surface area contributed by atoms with Gasteiger partial charge >= 0.3 is 15.6 Å². The fourth-order valence-corrected chi connectivity index (χ4v) is 2.03. The van der Waals surface area contributed by atoms with Crippen LogP contribution in [0.1, 0.15) is 6.42 Å². The minimum atomic E-state index is -5.61. The highest BCUT2D eigenvalue weighted by molar-refractivity contribution is 7.87.